The molecule has 6 nitrogen and oxygen atoms in total. The van der Waals surface area contributed by atoms with Crippen LogP contribution in [0.2, 0.25) is 10.0 Å². The lowest BCUT2D eigenvalue weighted by Crippen LogP contribution is -2.14. The number of ether oxygens (including phenoxy) is 2. The van der Waals surface area contributed by atoms with E-state index < -0.39 is 5.91 Å². The van der Waals surface area contributed by atoms with Gasteiger partial charge in [0, 0.05) is 16.5 Å². The van der Waals surface area contributed by atoms with E-state index in [1.54, 1.807) is 55.6 Å². The maximum atomic E-state index is 13.3. The molecular weight excluding hydrogens is 477 g/mol. The molecule has 4 rings (SSSR count). The summed E-state index contributed by atoms with van der Waals surface area (Å²) in [6.07, 6.45) is 0.785. The highest BCUT2D eigenvalue weighted by molar-refractivity contribution is 6.38. The first-order valence-corrected chi connectivity index (χ1v) is 11.3. The van der Waals surface area contributed by atoms with Crippen LogP contribution >= 0.6 is 23.2 Å². The van der Waals surface area contributed by atoms with E-state index >= 15 is 0 Å². The van der Waals surface area contributed by atoms with Crippen molar-refractivity contribution >= 4 is 51.5 Å². The molecule has 0 radical (unpaired) electrons. The number of hydrogen-bond donors (Lipinski definition) is 1. The topological polar surface area (TPSA) is 77.8 Å². The number of anilines is 1. The largest absolute Gasteiger partial charge is 0.497 e. The molecule has 1 aromatic heterocycles. The minimum Gasteiger partial charge on any atom is -0.497 e. The van der Waals surface area contributed by atoms with Gasteiger partial charge in [0.2, 0.25) is 5.78 Å². The predicted octanol–water partition coefficient (Wildman–Crippen LogP) is 7.02. The summed E-state index contributed by atoms with van der Waals surface area (Å²) in [4.78, 5) is 26.4. The minimum atomic E-state index is -0.499. The highest BCUT2D eigenvalue weighted by Crippen LogP contribution is 2.36. The Balaban J connectivity index is 1.70. The Morgan fingerprint density at radius 1 is 0.971 bits per heavy atom. The molecule has 0 saturated carbocycles. The summed E-state index contributed by atoms with van der Waals surface area (Å²) >= 11 is 12.6. The molecule has 34 heavy (non-hydrogen) atoms. The number of carbonyl (C=O) groups excluding carboxylic acids is 2. The number of para-hydroxylation sites is 1. The number of rotatable bonds is 8. The molecule has 174 valence electrons. The van der Waals surface area contributed by atoms with Gasteiger partial charge >= 0.3 is 0 Å². The fraction of sp³-hybridized carbons (Fsp3) is 0.154. The fourth-order valence-corrected chi connectivity index (χ4v) is 4.02. The summed E-state index contributed by atoms with van der Waals surface area (Å²) < 4.78 is 16.6. The molecule has 1 amide bonds. The van der Waals surface area contributed by atoms with Crippen molar-refractivity contribution in [2.45, 2.75) is 13.3 Å². The zero-order chi connectivity index (χ0) is 24.2. The van der Waals surface area contributed by atoms with E-state index in [2.05, 4.69) is 5.32 Å². The molecule has 3 aromatic carbocycles. The van der Waals surface area contributed by atoms with Crippen molar-refractivity contribution in [1.82, 2.24) is 0 Å². The summed E-state index contributed by atoms with van der Waals surface area (Å²) in [6, 6.07) is 16.6. The number of halogens is 2. The Morgan fingerprint density at radius 2 is 1.65 bits per heavy atom. The molecule has 0 atom stereocenters. The summed E-state index contributed by atoms with van der Waals surface area (Å²) in [5, 5.41) is 3.83. The Labute approximate surface area is 206 Å². The third kappa shape index (κ3) is 4.74. The van der Waals surface area contributed by atoms with Gasteiger partial charge in [0.15, 0.2) is 11.5 Å². The van der Waals surface area contributed by atoms with E-state index in [0.717, 1.165) is 6.42 Å². The third-order valence-electron chi connectivity index (χ3n) is 5.10. The summed E-state index contributed by atoms with van der Waals surface area (Å²) in [7, 11) is 1.55. The van der Waals surface area contributed by atoms with Crippen LogP contribution in [0, 0.1) is 0 Å². The van der Waals surface area contributed by atoms with Crippen molar-refractivity contribution in [3.63, 3.8) is 0 Å². The molecule has 0 fully saturated rings. The van der Waals surface area contributed by atoms with Crippen molar-refractivity contribution in [1.29, 1.82) is 0 Å². The third-order valence-corrected chi connectivity index (χ3v) is 5.66. The van der Waals surface area contributed by atoms with Gasteiger partial charge in [-0.3, -0.25) is 9.59 Å². The lowest BCUT2D eigenvalue weighted by Gasteiger charge is -2.12. The van der Waals surface area contributed by atoms with E-state index in [1.165, 1.54) is 12.1 Å². The van der Waals surface area contributed by atoms with Gasteiger partial charge in [-0.1, -0.05) is 42.3 Å². The Bertz CT molecular complexity index is 1340. The number of benzene rings is 3. The molecule has 0 spiro atoms. The Morgan fingerprint density at radius 3 is 2.29 bits per heavy atom. The smallest absolute Gasteiger partial charge is 0.255 e. The Kier molecular flexibility index (Phi) is 7.10. The first kappa shape index (κ1) is 23.7. The van der Waals surface area contributed by atoms with Gasteiger partial charge in [0.25, 0.3) is 5.91 Å². The van der Waals surface area contributed by atoms with Crippen LogP contribution in [-0.2, 0) is 0 Å². The molecule has 8 heteroatoms. The second-order valence-electron chi connectivity index (χ2n) is 7.43. The van der Waals surface area contributed by atoms with Gasteiger partial charge < -0.3 is 19.2 Å². The average Bonchev–Trinajstić information content (AvgIpc) is 3.21. The van der Waals surface area contributed by atoms with Crippen molar-refractivity contribution in [2.75, 3.05) is 19.0 Å². The van der Waals surface area contributed by atoms with Crippen LogP contribution in [0.1, 0.15) is 39.8 Å². The predicted molar refractivity (Wildman–Crippen MR) is 133 cm³/mol. The molecule has 0 saturated heterocycles. The van der Waals surface area contributed by atoms with E-state index in [4.69, 9.17) is 37.1 Å². The van der Waals surface area contributed by atoms with Crippen molar-refractivity contribution in [3.8, 4) is 11.5 Å². The Hall–Kier alpha value is -3.48. The first-order valence-electron chi connectivity index (χ1n) is 10.6. The number of ketones is 1. The van der Waals surface area contributed by atoms with Crippen LogP contribution in [0.25, 0.3) is 11.0 Å². The standard InChI is InChI=1S/C26H21Cl2NO5/c1-3-12-33-24-19(27)13-16(14-20(24)28)26(31)29-22-18-6-4-5-7-21(18)34-25(22)23(30)15-8-10-17(32-2)11-9-15/h4-11,13-14H,3,12H2,1-2H3,(H,29,31). The average molecular weight is 498 g/mol. The van der Waals surface area contributed by atoms with Gasteiger partial charge in [-0.05, 0) is 55.0 Å². The quantitative estimate of drug-likeness (QED) is 0.264. The van der Waals surface area contributed by atoms with Gasteiger partial charge in [0.1, 0.15) is 11.3 Å². The zero-order valence-corrected chi connectivity index (χ0v) is 20.0. The number of fused-ring (bicyclic) bond motifs is 1. The minimum absolute atomic E-state index is 0.0137. The van der Waals surface area contributed by atoms with Crippen LogP contribution in [-0.4, -0.2) is 25.4 Å². The van der Waals surface area contributed by atoms with Gasteiger partial charge in [0.05, 0.1) is 29.4 Å². The lowest BCUT2D eigenvalue weighted by atomic mass is 10.1. The molecule has 1 N–H and O–H groups in total. The van der Waals surface area contributed by atoms with Crippen LogP contribution in [0.3, 0.4) is 0 Å². The highest BCUT2D eigenvalue weighted by atomic mass is 35.5. The number of amides is 1. The summed E-state index contributed by atoms with van der Waals surface area (Å²) in [5.74, 6) is 0.0789. The molecule has 4 aromatic rings. The van der Waals surface area contributed by atoms with E-state index in [1.807, 2.05) is 6.92 Å². The van der Waals surface area contributed by atoms with Gasteiger partial charge in [-0.2, -0.15) is 0 Å². The monoisotopic (exact) mass is 497 g/mol. The lowest BCUT2D eigenvalue weighted by molar-refractivity contribution is 0.101. The van der Waals surface area contributed by atoms with Crippen molar-refractivity contribution < 1.29 is 23.5 Å². The van der Waals surface area contributed by atoms with Crippen LogP contribution in [0.4, 0.5) is 5.69 Å². The normalized spacial score (nSPS) is 10.8. The summed E-state index contributed by atoms with van der Waals surface area (Å²) in [6.45, 7) is 2.41. The second kappa shape index (κ2) is 10.2. The van der Waals surface area contributed by atoms with E-state index in [0.29, 0.717) is 34.6 Å². The molecular formula is C26H21Cl2NO5. The number of methoxy groups -OCH3 is 1. The molecule has 1 heterocycles. The maximum Gasteiger partial charge on any atom is 0.255 e. The number of nitrogens with one attached hydrogen (secondary N) is 1. The van der Waals surface area contributed by atoms with Crippen LogP contribution in [0.5, 0.6) is 11.5 Å². The van der Waals surface area contributed by atoms with E-state index in [9.17, 15) is 9.59 Å². The first-order chi connectivity index (χ1) is 16.4. The SMILES string of the molecule is CCCOc1c(Cl)cc(C(=O)Nc2c(C(=O)c3ccc(OC)cc3)oc3ccccc23)cc1Cl. The fourth-order valence-electron chi connectivity index (χ4n) is 3.42. The highest BCUT2D eigenvalue weighted by Gasteiger charge is 2.24. The molecule has 0 aliphatic carbocycles. The maximum absolute atomic E-state index is 13.3. The second-order valence-corrected chi connectivity index (χ2v) is 8.25. The number of furan rings is 1. The summed E-state index contributed by atoms with van der Waals surface area (Å²) in [5.41, 5.74) is 1.33. The van der Waals surface area contributed by atoms with Crippen molar-refractivity contribution in [3.05, 3.63) is 87.6 Å². The molecule has 0 unspecified atom stereocenters. The van der Waals surface area contributed by atoms with Gasteiger partial charge in [-0.25, -0.2) is 0 Å². The van der Waals surface area contributed by atoms with Crippen molar-refractivity contribution in [2.24, 2.45) is 0 Å². The van der Waals surface area contributed by atoms with Crippen LogP contribution in [0.15, 0.2) is 65.1 Å². The number of carbonyl (C=O) groups is 2. The molecule has 0 aliphatic heterocycles. The molecule has 0 aliphatic rings. The number of hydrogen-bond acceptors (Lipinski definition) is 5. The van der Waals surface area contributed by atoms with Gasteiger partial charge in [-0.15, -0.1) is 0 Å². The molecule has 0 bridgehead atoms. The zero-order valence-electron chi connectivity index (χ0n) is 18.5. The van der Waals surface area contributed by atoms with E-state index in [-0.39, 0.29) is 32.8 Å². The van der Waals surface area contributed by atoms with Crippen LogP contribution < -0.4 is 14.8 Å².